The number of cyclic esters (lactones) is 1. The normalized spacial score (nSPS) is 49.1. The first-order valence-corrected chi connectivity index (χ1v) is 10.1. The summed E-state index contributed by atoms with van der Waals surface area (Å²) >= 11 is 0. The molecule has 3 heterocycles. The van der Waals surface area contributed by atoms with Crippen molar-refractivity contribution in [1.29, 1.82) is 0 Å². The molecule has 148 valence electrons. The molecule has 4 fully saturated rings. The third kappa shape index (κ3) is 2.15. The standard InChI is InChI=1S/C21H28O6/c1-12-8-17(22)21-11-26-18(24-2)14(21)4-3-5-16(21)20(12)9-15(27-19(20)23)13-6-7-25-10-13/h6-7,10,12,14-18,22H,3-5,8-9,11H2,1-2H3/t12-,14+,15+,16-,17-,18-,20-,21+/m1/s1. The maximum Gasteiger partial charge on any atom is 0.313 e. The molecule has 2 saturated carbocycles. The van der Waals surface area contributed by atoms with Crippen LogP contribution in [0.5, 0.6) is 0 Å². The number of fused-ring (bicyclic) bond motifs is 1. The van der Waals surface area contributed by atoms with Crippen LogP contribution in [0.15, 0.2) is 23.0 Å². The van der Waals surface area contributed by atoms with E-state index >= 15 is 0 Å². The monoisotopic (exact) mass is 376 g/mol. The molecule has 0 amide bonds. The van der Waals surface area contributed by atoms with E-state index in [1.807, 2.05) is 6.07 Å². The number of aliphatic hydroxyl groups is 1. The fourth-order valence-electron chi connectivity index (χ4n) is 6.93. The molecule has 8 atom stereocenters. The fourth-order valence-corrected chi connectivity index (χ4v) is 6.93. The Balaban J connectivity index is 1.58. The number of methoxy groups -OCH3 is 1. The lowest BCUT2D eigenvalue weighted by molar-refractivity contribution is -0.195. The first-order valence-electron chi connectivity index (χ1n) is 10.1. The average molecular weight is 376 g/mol. The number of hydrogen-bond acceptors (Lipinski definition) is 6. The van der Waals surface area contributed by atoms with Gasteiger partial charge in [0.05, 0.1) is 30.7 Å². The number of aliphatic hydroxyl groups excluding tert-OH is 1. The Labute approximate surface area is 159 Å². The second kappa shape index (κ2) is 6.06. The van der Waals surface area contributed by atoms with Gasteiger partial charge in [0.25, 0.3) is 0 Å². The summed E-state index contributed by atoms with van der Waals surface area (Å²) in [5, 5.41) is 11.2. The van der Waals surface area contributed by atoms with Crippen molar-refractivity contribution in [1.82, 2.24) is 0 Å². The Kier molecular flexibility index (Phi) is 3.98. The van der Waals surface area contributed by atoms with E-state index < -0.39 is 16.9 Å². The van der Waals surface area contributed by atoms with Gasteiger partial charge in [-0.2, -0.15) is 0 Å². The van der Waals surface area contributed by atoms with Gasteiger partial charge in [0.1, 0.15) is 6.10 Å². The average Bonchev–Trinajstić information content (AvgIpc) is 3.38. The van der Waals surface area contributed by atoms with Crippen LogP contribution in [-0.4, -0.2) is 37.2 Å². The Morgan fingerprint density at radius 1 is 1.33 bits per heavy atom. The van der Waals surface area contributed by atoms with E-state index in [-0.39, 0.29) is 36.1 Å². The Morgan fingerprint density at radius 2 is 2.19 bits per heavy atom. The van der Waals surface area contributed by atoms with Gasteiger partial charge in [-0.15, -0.1) is 0 Å². The molecule has 5 rings (SSSR count). The summed E-state index contributed by atoms with van der Waals surface area (Å²) in [6.45, 7) is 2.56. The molecule has 4 aliphatic rings. The Morgan fingerprint density at radius 3 is 2.93 bits per heavy atom. The van der Waals surface area contributed by atoms with Gasteiger partial charge in [-0.3, -0.25) is 4.79 Å². The zero-order valence-corrected chi connectivity index (χ0v) is 15.9. The van der Waals surface area contributed by atoms with Crippen LogP contribution in [0.25, 0.3) is 0 Å². The van der Waals surface area contributed by atoms with Crippen LogP contribution in [0.4, 0.5) is 0 Å². The molecule has 2 aliphatic heterocycles. The van der Waals surface area contributed by atoms with Crippen LogP contribution in [-0.2, 0) is 19.0 Å². The van der Waals surface area contributed by atoms with E-state index in [2.05, 4.69) is 6.92 Å². The predicted molar refractivity (Wildman–Crippen MR) is 94.4 cm³/mol. The molecule has 27 heavy (non-hydrogen) atoms. The molecule has 6 heteroatoms. The lowest BCUT2D eigenvalue weighted by Gasteiger charge is -2.59. The molecule has 0 bridgehead atoms. The van der Waals surface area contributed by atoms with Crippen LogP contribution in [0.3, 0.4) is 0 Å². The lowest BCUT2D eigenvalue weighted by Crippen LogP contribution is -2.63. The minimum Gasteiger partial charge on any atom is -0.472 e. The maximum absolute atomic E-state index is 13.4. The van der Waals surface area contributed by atoms with Crippen molar-refractivity contribution in [2.45, 2.75) is 57.5 Å². The zero-order valence-electron chi connectivity index (χ0n) is 15.9. The van der Waals surface area contributed by atoms with Gasteiger partial charge in [-0.05, 0) is 37.2 Å². The summed E-state index contributed by atoms with van der Waals surface area (Å²) in [7, 11) is 1.67. The van der Waals surface area contributed by atoms with Gasteiger partial charge in [-0.1, -0.05) is 13.3 Å². The molecule has 1 aromatic rings. The van der Waals surface area contributed by atoms with Gasteiger partial charge in [-0.25, -0.2) is 0 Å². The number of hydrogen-bond donors (Lipinski definition) is 1. The molecule has 2 saturated heterocycles. The molecule has 0 radical (unpaired) electrons. The van der Waals surface area contributed by atoms with E-state index in [1.54, 1.807) is 19.6 Å². The third-order valence-corrected chi connectivity index (χ3v) is 8.17. The molecule has 1 aromatic heterocycles. The highest BCUT2D eigenvalue weighted by Crippen LogP contribution is 2.68. The van der Waals surface area contributed by atoms with Crippen molar-refractivity contribution >= 4 is 5.97 Å². The minimum atomic E-state index is -0.578. The van der Waals surface area contributed by atoms with E-state index in [1.165, 1.54) is 0 Å². The smallest absolute Gasteiger partial charge is 0.313 e. The molecular weight excluding hydrogens is 348 g/mol. The number of esters is 1. The first-order chi connectivity index (χ1) is 13.0. The van der Waals surface area contributed by atoms with Crippen LogP contribution in [0, 0.1) is 28.6 Å². The highest BCUT2D eigenvalue weighted by molar-refractivity contribution is 5.80. The number of carbonyl (C=O) groups excluding carboxylic acids is 1. The van der Waals surface area contributed by atoms with Crippen LogP contribution in [0.1, 0.15) is 50.7 Å². The van der Waals surface area contributed by atoms with Gasteiger partial charge >= 0.3 is 5.97 Å². The molecular formula is C21H28O6. The second-order valence-electron chi connectivity index (χ2n) is 8.97. The summed E-state index contributed by atoms with van der Waals surface area (Å²) < 4.78 is 22.7. The largest absolute Gasteiger partial charge is 0.472 e. The van der Waals surface area contributed by atoms with E-state index in [0.29, 0.717) is 19.4 Å². The lowest BCUT2D eigenvalue weighted by atomic mass is 9.43. The molecule has 2 spiro atoms. The number of rotatable bonds is 2. The summed E-state index contributed by atoms with van der Waals surface area (Å²) in [6.07, 6.45) is 6.39. The van der Waals surface area contributed by atoms with Crippen molar-refractivity contribution in [2.75, 3.05) is 13.7 Å². The first kappa shape index (κ1) is 17.7. The van der Waals surface area contributed by atoms with Crippen molar-refractivity contribution in [3.05, 3.63) is 24.2 Å². The van der Waals surface area contributed by atoms with Crippen molar-refractivity contribution in [2.24, 2.45) is 28.6 Å². The van der Waals surface area contributed by atoms with Crippen LogP contribution in [0.2, 0.25) is 0 Å². The number of furan rings is 1. The molecule has 0 aromatic carbocycles. The van der Waals surface area contributed by atoms with Crippen molar-refractivity contribution < 1.29 is 28.5 Å². The topological polar surface area (TPSA) is 78.1 Å². The van der Waals surface area contributed by atoms with Gasteiger partial charge in [0, 0.05) is 30.4 Å². The Bertz CT molecular complexity index is 716. The van der Waals surface area contributed by atoms with Crippen molar-refractivity contribution in [3.63, 3.8) is 0 Å². The molecule has 1 N–H and O–H groups in total. The summed E-state index contributed by atoms with van der Waals surface area (Å²) in [5.74, 6) is 0.125. The van der Waals surface area contributed by atoms with Gasteiger partial charge in [0.15, 0.2) is 6.29 Å². The molecule has 0 unspecified atom stereocenters. The summed E-state index contributed by atoms with van der Waals surface area (Å²) in [4.78, 5) is 13.4. The van der Waals surface area contributed by atoms with Crippen LogP contribution >= 0.6 is 0 Å². The predicted octanol–water partition coefficient (Wildman–Crippen LogP) is 3.06. The molecule has 2 aliphatic carbocycles. The maximum atomic E-state index is 13.4. The Hall–Kier alpha value is -1.37. The van der Waals surface area contributed by atoms with E-state index in [4.69, 9.17) is 18.6 Å². The number of carbonyl (C=O) groups is 1. The second-order valence-corrected chi connectivity index (χ2v) is 8.97. The minimum absolute atomic E-state index is 0.0482. The summed E-state index contributed by atoms with van der Waals surface area (Å²) in [6, 6.07) is 1.87. The van der Waals surface area contributed by atoms with Crippen molar-refractivity contribution in [3.8, 4) is 0 Å². The molecule has 6 nitrogen and oxygen atoms in total. The fraction of sp³-hybridized carbons (Fsp3) is 0.762. The number of ether oxygens (including phenoxy) is 3. The quantitative estimate of drug-likeness (QED) is 0.800. The third-order valence-electron chi connectivity index (χ3n) is 8.17. The van der Waals surface area contributed by atoms with Gasteiger partial charge in [0.2, 0.25) is 0 Å². The van der Waals surface area contributed by atoms with E-state index in [0.717, 1.165) is 24.8 Å². The van der Waals surface area contributed by atoms with Crippen LogP contribution < -0.4 is 0 Å². The summed E-state index contributed by atoms with van der Waals surface area (Å²) in [5.41, 5.74) is -0.0842. The van der Waals surface area contributed by atoms with Gasteiger partial charge < -0.3 is 23.7 Å². The highest BCUT2D eigenvalue weighted by atomic mass is 16.7. The zero-order chi connectivity index (χ0) is 18.8. The van der Waals surface area contributed by atoms with E-state index in [9.17, 15) is 9.90 Å². The SMILES string of the molecule is CO[C@@H]1OC[C@@]23[C@H](O)C[C@@H](C)[C@]4(C[C@@H](c5ccoc5)OC4=O)[C@H]2CCC[C@@H]13. The highest BCUT2D eigenvalue weighted by Gasteiger charge is 2.72.